The van der Waals surface area contributed by atoms with Gasteiger partial charge in [-0.3, -0.25) is 4.79 Å². The molecule has 0 bridgehead atoms. The Balaban J connectivity index is 1.88. The number of carbonyl (C=O) groups excluding carboxylic acids is 2. The molecule has 0 unspecified atom stereocenters. The summed E-state index contributed by atoms with van der Waals surface area (Å²) in [7, 11) is 0. The Bertz CT molecular complexity index is 834. The van der Waals surface area contributed by atoms with Gasteiger partial charge in [-0.15, -0.1) is 0 Å². The molecule has 2 aromatic rings. The highest BCUT2D eigenvalue weighted by molar-refractivity contribution is 9.10. The smallest absolute Gasteiger partial charge is 0.416 e. The molecule has 1 N–H and O–H groups in total. The predicted molar refractivity (Wildman–Crippen MR) is 94.2 cm³/mol. The Labute approximate surface area is 155 Å². The molecule has 8 heteroatoms. The molecule has 0 fully saturated rings. The lowest BCUT2D eigenvalue weighted by Crippen LogP contribution is -2.20. The third kappa shape index (κ3) is 6.03. The topological polar surface area (TPSA) is 55.4 Å². The summed E-state index contributed by atoms with van der Waals surface area (Å²) >= 11 is 3.26. The van der Waals surface area contributed by atoms with Gasteiger partial charge in [-0.25, -0.2) is 4.79 Å². The minimum atomic E-state index is -4.46. The van der Waals surface area contributed by atoms with Gasteiger partial charge >= 0.3 is 12.1 Å². The van der Waals surface area contributed by atoms with E-state index in [9.17, 15) is 22.8 Å². The molecular weight excluding hydrogens is 415 g/mol. The van der Waals surface area contributed by atoms with Crippen molar-refractivity contribution >= 4 is 39.6 Å². The number of alkyl halides is 3. The zero-order valence-corrected chi connectivity index (χ0v) is 14.8. The lowest BCUT2D eigenvalue weighted by Gasteiger charge is -2.07. The fourth-order valence-electron chi connectivity index (χ4n) is 1.92. The van der Waals surface area contributed by atoms with E-state index in [0.29, 0.717) is 10.2 Å². The SMILES string of the molecule is O=C(COC(=O)C=Cc1cccc(C(F)(F)F)c1)Nc1ccccc1Br. The Morgan fingerprint density at radius 3 is 2.54 bits per heavy atom. The highest BCUT2D eigenvalue weighted by Crippen LogP contribution is 2.29. The second-order valence-corrected chi connectivity index (χ2v) is 5.95. The van der Waals surface area contributed by atoms with Gasteiger partial charge < -0.3 is 10.1 Å². The van der Waals surface area contributed by atoms with Gasteiger partial charge in [0.2, 0.25) is 0 Å². The van der Waals surface area contributed by atoms with Crippen molar-refractivity contribution in [2.75, 3.05) is 11.9 Å². The third-order valence-corrected chi connectivity index (χ3v) is 3.81. The summed E-state index contributed by atoms with van der Waals surface area (Å²) in [6, 6.07) is 11.4. The Hall–Kier alpha value is -2.61. The van der Waals surface area contributed by atoms with Crippen LogP contribution in [0.5, 0.6) is 0 Å². The largest absolute Gasteiger partial charge is 0.452 e. The van der Waals surface area contributed by atoms with E-state index in [-0.39, 0.29) is 5.56 Å². The van der Waals surface area contributed by atoms with Crippen molar-refractivity contribution < 1.29 is 27.5 Å². The van der Waals surface area contributed by atoms with Crippen LogP contribution in [0.4, 0.5) is 18.9 Å². The number of rotatable bonds is 5. The van der Waals surface area contributed by atoms with Crippen LogP contribution in [-0.2, 0) is 20.5 Å². The number of esters is 1. The molecule has 0 heterocycles. The van der Waals surface area contributed by atoms with Crippen molar-refractivity contribution in [2.24, 2.45) is 0 Å². The quantitative estimate of drug-likeness (QED) is 0.557. The molecule has 4 nitrogen and oxygen atoms in total. The highest BCUT2D eigenvalue weighted by atomic mass is 79.9. The van der Waals surface area contributed by atoms with Crippen LogP contribution < -0.4 is 5.32 Å². The fourth-order valence-corrected chi connectivity index (χ4v) is 2.30. The van der Waals surface area contributed by atoms with Crippen LogP contribution in [0, 0.1) is 0 Å². The van der Waals surface area contributed by atoms with E-state index in [4.69, 9.17) is 4.74 Å². The fraction of sp³-hybridized carbons (Fsp3) is 0.111. The normalized spacial score (nSPS) is 11.4. The Morgan fingerprint density at radius 2 is 1.85 bits per heavy atom. The van der Waals surface area contributed by atoms with Crippen molar-refractivity contribution in [3.05, 3.63) is 70.2 Å². The lowest BCUT2D eigenvalue weighted by atomic mass is 10.1. The standard InChI is InChI=1S/C18H13BrF3NO3/c19-14-6-1-2-7-15(14)23-16(24)11-26-17(25)9-8-12-4-3-5-13(10-12)18(20,21)22/h1-10H,11H2,(H,23,24). The molecule has 0 spiro atoms. The van der Waals surface area contributed by atoms with Crippen LogP contribution in [0.25, 0.3) is 6.08 Å². The maximum Gasteiger partial charge on any atom is 0.416 e. The van der Waals surface area contributed by atoms with E-state index < -0.39 is 30.2 Å². The molecule has 0 aromatic heterocycles. The maximum atomic E-state index is 12.6. The van der Waals surface area contributed by atoms with Gasteiger partial charge in [0.15, 0.2) is 6.61 Å². The van der Waals surface area contributed by atoms with Crippen LogP contribution in [0.15, 0.2) is 59.1 Å². The number of benzene rings is 2. The minimum Gasteiger partial charge on any atom is -0.452 e. The first kappa shape index (κ1) is 19.7. The van der Waals surface area contributed by atoms with Crippen molar-refractivity contribution in [3.63, 3.8) is 0 Å². The molecule has 0 aliphatic rings. The van der Waals surface area contributed by atoms with Gasteiger partial charge in [-0.1, -0.05) is 24.3 Å². The molecule has 0 aliphatic heterocycles. The second-order valence-electron chi connectivity index (χ2n) is 5.09. The maximum absolute atomic E-state index is 12.6. The average Bonchev–Trinajstić information content (AvgIpc) is 2.60. The number of carbonyl (C=O) groups is 2. The van der Waals surface area contributed by atoms with Crippen LogP contribution in [0.2, 0.25) is 0 Å². The summed E-state index contributed by atoms with van der Waals surface area (Å²) in [6.07, 6.45) is -2.32. The number of amides is 1. The second kappa shape index (κ2) is 8.66. The predicted octanol–water partition coefficient (Wildman–Crippen LogP) is 4.66. The molecule has 0 saturated carbocycles. The molecule has 26 heavy (non-hydrogen) atoms. The summed E-state index contributed by atoms with van der Waals surface area (Å²) in [4.78, 5) is 23.3. The van der Waals surface area contributed by atoms with Crippen molar-refractivity contribution in [1.82, 2.24) is 0 Å². The first-order chi connectivity index (χ1) is 12.3. The number of anilines is 1. The summed E-state index contributed by atoms with van der Waals surface area (Å²) in [5.41, 5.74) is -0.108. The van der Waals surface area contributed by atoms with E-state index >= 15 is 0 Å². The zero-order chi connectivity index (χ0) is 19.2. The molecular formula is C18H13BrF3NO3. The molecule has 2 rings (SSSR count). The number of halogens is 4. The average molecular weight is 428 g/mol. The molecule has 136 valence electrons. The van der Waals surface area contributed by atoms with Gasteiger partial charge in [-0.05, 0) is 51.8 Å². The first-order valence-electron chi connectivity index (χ1n) is 7.32. The number of ether oxygens (including phenoxy) is 1. The van der Waals surface area contributed by atoms with Crippen molar-refractivity contribution in [1.29, 1.82) is 0 Å². The number of para-hydroxylation sites is 1. The molecule has 0 saturated heterocycles. The van der Waals surface area contributed by atoms with Crippen molar-refractivity contribution in [2.45, 2.75) is 6.18 Å². The van der Waals surface area contributed by atoms with Gasteiger partial charge in [0.25, 0.3) is 5.91 Å². The van der Waals surface area contributed by atoms with Gasteiger partial charge in [0.1, 0.15) is 0 Å². The molecule has 0 atom stereocenters. The third-order valence-electron chi connectivity index (χ3n) is 3.12. The van der Waals surface area contributed by atoms with E-state index in [1.54, 1.807) is 24.3 Å². The summed E-state index contributed by atoms with van der Waals surface area (Å²) < 4.78 is 43.3. The zero-order valence-electron chi connectivity index (χ0n) is 13.2. The van der Waals surface area contributed by atoms with Gasteiger partial charge in [0.05, 0.1) is 11.3 Å². The van der Waals surface area contributed by atoms with Gasteiger partial charge in [-0.2, -0.15) is 13.2 Å². The van der Waals surface area contributed by atoms with Crippen LogP contribution in [-0.4, -0.2) is 18.5 Å². The lowest BCUT2D eigenvalue weighted by molar-refractivity contribution is -0.142. The van der Waals surface area contributed by atoms with Crippen LogP contribution in [0.1, 0.15) is 11.1 Å². The minimum absolute atomic E-state index is 0.189. The monoisotopic (exact) mass is 427 g/mol. The van der Waals surface area contributed by atoms with Crippen LogP contribution >= 0.6 is 15.9 Å². The van der Waals surface area contributed by atoms with Gasteiger partial charge in [0, 0.05) is 10.5 Å². The molecule has 2 aromatic carbocycles. The molecule has 0 radical (unpaired) electrons. The van der Waals surface area contributed by atoms with Crippen LogP contribution in [0.3, 0.4) is 0 Å². The van der Waals surface area contributed by atoms with E-state index in [2.05, 4.69) is 21.2 Å². The molecule has 0 aliphatic carbocycles. The number of nitrogens with one attached hydrogen (secondary N) is 1. The number of hydrogen-bond acceptors (Lipinski definition) is 3. The van der Waals surface area contributed by atoms with E-state index in [1.807, 2.05) is 0 Å². The summed E-state index contributed by atoms with van der Waals surface area (Å²) in [5.74, 6) is -1.39. The Morgan fingerprint density at radius 1 is 1.12 bits per heavy atom. The Kier molecular flexibility index (Phi) is 6.57. The van der Waals surface area contributed by atoms with Crippen molar-refractivity contribution in [3.8, 4) is 0 Å². The highest BCUT2D eigenvalue weighted by Gasteiger charge is 2.30. The van der Waals surface area contributed by atoms with E-state index in [0.717, 1.165) is 18.2 Å². The first-order valence-corrected chi connectivity index (χ1v) is 8.11. The summed E-state index contributed by atoms with van der Waals surface area (Å²) in [5, 5.41) is 2.55. The number of hydrogen-bond donors (Lipinski definition) is 1. The summed E-state index contributed by atoms with van der Waals surface area (Å²) in [6.45, 7) is -0.521. The van der Waals surface area contributed by atoms with E-state index in [1.165, 1.54) is 18.2 Å². The molecule has 1 amide bonds.